The normalized spacial score (nSPS) is 12.1. The molecule has 32 heavy (non-hydrogen) atoms. The molecule has 0 aliphatic rings. The highest BCUT2D eigenvalue weighted by Gasteiger charge is 2.31. The van der Waals surface area contributed by atoms with Crippen LogP contribution in [0.2, 0.25) is 0 Å². The van der Waals surface area contributed by atoms with E-state index in [2.05, 4.69) is 5.32 Å². The third kappa shape index (κ3) is 6.31. The number of benzene rings is 3. The SMILES string of the molecule is CCN(CC)C(=O)C(=O)C(SC(=Nc1ccccc1)Nc1ccccc1)c1ccccc1. The van der Waals surface area contributed by atoms with E-state index in [4.69, 9.17) is 4.99 Å². The number of nitrogens with one attached hydrogen (secondary N) is 1. The van der Waals surface area contributed by atoms with Gasteiger partial charge in [-0.3, -0.25) is 9.59 Å². The molecule has 3 aromatic carbocycles. The highest BCUT2D eigenvalue weighted by atomic mass is 32.2. The summed E-state index contributed by atoms with van der Waals surface area (Å²) in [6, 6.07) is 28.6. The van der Waals surface area contributed by atoms with E-state index in [0.717, 1.165) is 16.9 Å². The number of aliphatic imine (C=N–C) groups is 1. The molecule has 0 spiro atoms. The van der Waals surface area contributed by atoms with Crippen LogP contribution in [0.25, 0.3) is 0 Å². The standard InChI is InChI=1S/C26H27N3O2S/c1-3-29(4-2)25(31)23(30)24(20-14-8-5-9-15-20)32-26(27-21-16-10-6-11-17-21)28-22-18-12-7-13-19-22/h5-19,24H,3-4H2,1-2H3,(H,27,28). The lowest BCUT2D eigenvalue weighted by molar-refractivity contribution is -0.144. The maximum absolute atomic E-state index is 13.3. The molecule has 6 heteroatoms. The number of hydrogen-bond donors (Lipinski definition) is 1. The van der Waals surface area contributed by atoms with E-state index in [9.17, 15) is 9.59 Å². The molecule has 3 rings (SSSR count). The molecule has 0 saturated heterocycles. The summed E-state index contributed by atoms with van der Waals surface area (Å²) >= 11 is 1.25. The zero-order valence-electron chi connectivity index (χ0n) is 18.3. The van der Waals surface area contributed by atoms with Crippen LogP contribution in [0, 0.1) is 0 Å². The number of amidine groups is 1. The lowest BCUT2D eigenvalue weighted by Crippen LogP contribution is -2.38. The van der Waals surface area contributed by atoms with Gasteiger partial charge in [-0.1, -0.05) is 78.5 Å². The van der Waals surface area contributed by atoms with Gasteiger partial charge in [0.1, 0.15) is 5.25 Å². The van der Waals surface area contributed by atoms with Gasteiger partial charge in [0.25, 0.3) is 5.91 Å². The summed E-state index contributed by atoms with van der Waals surface area (Å²) < 4.78 is 0. The van der Waals surface area contributed by atoms with Gasteiger partial charge in [0, 0.05) is 18.8 Å². The van der Waals surface area contributed by atoms with Crippen molar-refractivity contribution in [3.63, 3.8) is 0 Å². The lowest BCUT2D eigenvalue weighted by atomic mass is 10.1. The Balaban J connectivity index is 1.98. The van der Waals surface area contributed by atoms with Gasteiger partial charge in [0.05, 0.1) is 5.69 Å². The van der Waals surface area contributed by atoms with Crippen LogP contribution in [0.1, 0.15) is 24.7 Å². The van der Waals surface area contributed by atoms with Crippen LogP contribution in [0.3, 0.4) is 0 Å². The fraction of sp³-hybridized carbons (Fsp3) is 0.192. The van der Waals surface area contributed by atoms with E-state index in [0.29, 0.717) is 18.3 Å². The van der Waals surface area contributed by atoms with Crippen LogP contribution in [-0.2, 0) is 9.59 Å². The number of likely N-dealkylation sites (N-methyl/N-ethyl adjacent to an activating group) is 1. The lowest BCUT2D eigenvalue weighted by Gasteiger charge is -2.22. The third-order valence-electron chi connectivity index (χ3n) is 4.84. The van der Waals surface area contributed by atoms with Crippen LogP contribution in [-0.4, -0.2) is 34.8 Å². The van der Waals surface area contributed by atoms with E-state index < -0.39 is 16.9 Å². The van der Waals surface area contributed by atoms with E-state index in [1.807, 2.05) is 105 Å². The number of thioether (sulfide) groups is 1. The maximum atomic E-state index is 13.3. The van der Waals surface area contributed by atoms with Crippen molar-refractivity contribution in [1.82, 2.24) is 4.90 Å². The van der Waals surface area contributed by atoms with Gasteiger partial charge < -0.3 is 10.2 Å². The van der Waals surface area contributed by atoms with Crippen molar-refractivity contribution in [3.8, 4) is 0 Å². The number of para-hydroxylation sites is 2. The molecular formula is C26H27N3O2S. The molecule has 0 heterocycles. The summed E-state index contributed by atoms with van der Waals surface area (Å²) in [7, 11) is 0. The summed E-state index contributed by atoms with van der Waals surface area (Å²) in [5.41, 5.74) is 2.37. The third-order valence-corrected chi connectivity index (χ3v) is 5.98. The molecule has 0 aliphatic heterocycles. The Hall–Kier alpha value is -3.38. The highest BCUT2D eigenvalue weighted by Crippen LogP contribution is 2.33. The summed E-state index contributed by atoms with van der Waals surface area (Å²) in [6.07, 6.45) is 0. The number of ketones is 1. The number of carbonyl (C=O) groups is 2. The molecule has 5 nitrogen and oxygen atoms in total. The molecule has 0 radical (unpaired) electrons. The maximum Gasteiger partial charge on any atom is 0.291 e. The predicted octanol–water partition coefficient (Wildman–Crippen LogP) is 5.70. The minimum absolute atomic E-state index is 0.458. The molecule has 1 N–H and O–H groups in total. The number of Topliss-reactive ketones (excluding diaryl/α,β-unsaturated/α-hetero) is 1. The number of nitrogens with zero attached hydrogens (tertiary/aromatic N) is 2. The Bertz CT molecular complexity index is 1040. The van der Waals surface area contributed by atoms with Gasteiger partial charge in [-0.25, -0.2) is 4.99 Å². The quantitative estimate of drug-likeness (QED) is 0.275. The Morgan fingerprint density at radius 2 is 1.38 bits per heavy atom. The van der Waals surface area contributed by atoms with E-state index in [-0.39, 0.29) is 0 Å². The van der Waals surface area contributed by atoms with Gasteiger partial charge in [0.2, 0.25) is 5.78 Å². The summed E-state index contributed by atoms with van der Waals surface area (Å²) in [6.45, 7) is 4.72. The Morgan fingerprint density at radius 3 is 1.94 bits per heavy atom. The predicted molar refractivity (Wildman–Crippen MR) is 133 cm³/mol. The number of hydrogen-bond acceptors (Lipinski definition) is 4. The second-order valence-corrected chi connectivity index (χ2v) is 8.09. The topological polar surface area (TPSA) is 61.8 Å². The van der Waals surface area contributed by atoms with Gasteiger partial charge >= 0.3 is 0 Å². The van der Waals surface area contributed by atoms with E-state index in [1.165, 1.54) is 11.8 Å². The first-order chi connectivity index (χ1) is 15.6. The molecule has 0 aromatic heterocycles. The minimum atomic E-state index is -0.719. The van der Waals surface area contributed by atoms with E-state index >= 15 is 0 Å². The average molecular weight is 446 g/mol. The van der Waals surface area contributed by atoms with Crippen LogP contribution in [0.4, 0.5) is 11.4 Å². The van der Waals surface area contributed by atoms with Crippen molar-refractivity contribution in [3.05, 3.63) is 96.6 Å². The minimum Gasteiger partial charge on any atom is -0.337 e. The number of carbonyl (C=O) groups excluding carboxylic acids is 2. The summed E-state index contributed by atoms with van der Waals surface area (Å²) in [5, 5.41) is 3.13. The smallest absolute Gasteiger partial charge is 0.291 e. The van der Waals surface area contributed by atoms with Crippen LogP contribution >= 0.6 is 11.8 Å². The van der Waals surface area contributed by atoms with Gasteiger partial charge in [-0.2, -0.15) is 0 Å². The second kappa shape index (κ2) is 11.9. The zero-order valence-corrected chi connectivity index (χ0v) is 19.1. The molecule has 0 aliphatic carbocycles. The second-order valence-electron chi connectivity index (χ2n) is 6.99. The Labute approximate surface area is 193 Å². The fourth-order valence-electron chi connectivity index (χ4n) is 3.14. The molecule has 0 fully saturated rings. The van der Waals surface area contributed by atoms with Crippen molar-refractivity contribution in [2.24, 2.45) is 4.99 Å². The highest BCUT2D eigenvalue weighted by molar-refractivity contribution is 8.15. The monoisotopic (exact) mass is 445 g/mol. The van der Waals surface area contributed by atoms with Crippen LogP contribution < -0.4 is 5.32 Å². The summed E-state index contributed by atoms with van der Waals surface area (Å²) in [5.74, 6) is -0.935. The van der Waals surface area contributed by atoms with Crippen molar-refractivity contribution in [2.45, 2.75) is 19.1 Å². The summed E-state index contributed by atoms with van der Waals surface area (Å²) in [4.78, 5) is 32.6. The number of rotatable bonds is 8. The van der Waals surface area contributed by atoms with Crippen molar-refractivity contribution in [1.29, 1.82) is 0 Å². The molecule has 0 bridgehead atoms. The Kier molecular flexibility index (Phi) is 8.63. The first kappa shape index (κ1) is 23.3. The van der Waals surface area contributed by atoms with Crippen molar-refractivity contribution < 1.29 is 9.59 Å². The van der Waals surface area contributed by atoms with Crippen LogP contribution in [0.5, 0.6) is 0 Å². The van der Waals surface area contributed by atoms with Gasteiger partial charge in [-0.05, 0) is 43.7 Å². The molecule has 1 unspecified atom stereocenters. The van der Waals surface area contributed by atoms with Crippen LogP contribution in [0.15, 0.2) is 96.0 Å². The fourth-order valence-corrected chi connectivity index (χ4v) is 4.20. The average Bonchev–Trinajstić information content (AvgIpc) is 2.84. The van der Waals surface area contributed by atoms with Gasteiger partial charge in [0.15, 0.2) is 5.17 Å². The Morgan fingerprint density at radius 1 is 0.844 bits per heavy atom. The largest absolute Gasteiger partial charge is 0.337 e. The first-order valence-corrected chi connectivity index (χ1v) is 11.5. The van der Waals surface area contributed by atoms with Crippen molar-refractivity contribution in [2.75, 3.05) is 18.4 Å². The number of anilines is 1. The molecular weight excluding hydrogens is 418 g/mol. The van der Waals surface area contributed by atoms with Gasteiger partial charge in [-0.15, -0.1) is 0 Å². The molecule has 0 saturated carbocycles. The molecule has 1 atom stereocenters. The molecule has 3 aromatic rings. The van der Waals surface area contributed by atoms with Crippen molar-refractivity contribution >= 4 is 40.0 Å². The molecule has 1 amide bonds. The number of amides is 1. The van der Waals surface area contributed by atoms with E-state index in [1.54, 1.807) is 4.90 Å². The molecule has 164 valence electrons. The zero-order chi connectivity index (χ0) is 22.8. The first-order valence-electron chi connectivity index (χ1n) is 10.6.